The molecule has 0 bridgehead atoms. The molecule has 0 radical (unpaired) electrons. The SMILES string of the molecule is [C-]#[N+]c1cnn(-c2ccccn2)c1N=Nc1cc2ccccc2c(C(=O)Nc2ncc[nH]2)c1O. The molecular formula is C23H15N9O2. The summed E-state index contributed by atoms with van der Waals surface area (Å²) in [6.45, 7) is 7.42. The van der Waals surface area contributed by atoms with Crippen molar-refractivity contribution in [3.05, 3.63) is 90.3 Å². The number of phenolic OH excluding ortho intramolecular Hbond substituents is 1. The molecule has 164 valence electrons. The molecule has 3 heterocycles. The van der Waals surface area contributed by atoms with E-state index in [4.69, 9.17) is 6.57 Å². The van der Waals surface area contributed by atoms with Crippen LogP contribution >= 0.6 is 0 Å². The van der Waals surface area contributed by atoms with Crippen LogP contribution in [0.25, 0.3) is 21.4 Å². The van der Waals surface area contributed by atoms with Crippen molar-refractivity contribution in [2.24, 2.45) is 10.2 Å². The summed E-state index contributed by atoms with van der Waals surface area (Å²) in [6, 6.07) is 13.9. The van der Waals surface area contributed by atoms with Crippen LogP contribution in [-0.4, -0.2) is 35.7 Å². The highest BCUT2D eigenvalue weighted by Crippen LogP contribution is 2.39. The highest BCUT2D eigenvalue weighted by Gasteiger charge is 2.21. The minimum Gasteiger partial charge on any atom is -0.505 e. The number of hydrogen-bond donors (Lipinski definition) is 3. The normalized spacial score (nSPS) is 11.0. The molecule has 0 saturated heterocycles. The van der Waals surface area contributed by atoms with E-state index in [1.807, 2.05) is 6.07 Å². The highest BCUT2D eigenvalue weighted by atomic mass is 16.3. The molecular weight excluding hydrogens is 434 g/mol. The lowest BCUT2D eigenvalue weighted by Gasteiger charge is -2.11. The number of aromatic hydroxyl groups is 1. The molecule has 0 spiro atoms. The number of phenols is 1. The molecule has 0 fully saturated rings. The van der Waals surface area contributed by atoms with Gasteiger partial charge in [-0.25, -0.2) is 19.5 Å². The van der Waals surface area contributed by atoms with Crippen LogP contribution < -0.4 is 5.32 Å². The molecule has 0 saturated carbocycles. The number of hydrogen-bond acceptors (Lipinski definition) is 7. The molecule has 3 N–H and O–H groups in total. The third kappa shape index (κ3) is 3.71. The minimum absolute atomic E-state index is 0.0205. The monoisotopic (exact) mass is 449 g/mol. The first-order valence-corrected chi connectivity index (χ1v) is 10.00. The molecule has 0 aliphatic heterocycles. The van der Waals surface area contributed by atoms with Crippen molar-refractivity contribution in [1.82, 2.24) is 24.7 Å². The quantitative estimate of drug-likeness (QED) is 0.254. The molecule has 5 aromatic rings. The molecule has 0 atom stereocenters. The molecule has 0 unspecified atom stereocenters. The number of benzene rings is 2. The first kappa shape index (κ1) is 20.5. The summed E-state index contributed by atoms with van der Waals surface area (Å²) in [5, 5.41) is 27.3. The Balaban J connectivity index is 1.61. The van der Waals surface area contributed by atoms with Crippen molar-refractivity contribution < 1.29 is 9.90 Å². The number of carbonyl (C=O) groups excluding carboxylic acids is 1. The van der Waals surface area contributed by atoms with Crippen molar-refractivity contribution in [2.45, 2.75) is 0 Å². The Kier molecular flexibility index (Phi) is 5.21. The van der Waals surface area contributed by atoms with Gasteiger partial charge >= 0.3 is 0 Å². The third-order valence-electron chi connectivity index (χ3n) is 4.92. The first-order valence-electron chi connectivity index (χ1n) is 10.00. The molecule has 2 aromatic carbocycles. The van der Waals surface area contributed by atoms with Gasteiger partial charge in [0, 0.05) is 18.6 Å². The number of amides is 1. The van der Waals surface area contributed by atoms with Crippen LogP contribution in [0.1, 0.15) is 10.4 Å². The Morgan fingerprint density at radius 3 is 2.74 bits per heavy atom. The van der Waals surface area contributed by atoms with Gasteiger partial charge in [0.25, 0.3) is 11.6 Å². The number of nitrogens with one attached hydrogen (secondary N) is 2. The third-order valence-corrected chi connectivity index (χ3v) is 4.92. The van der Waals surface area contributed by atoms with Gasteiger partial charge < -0.3 is 10.1 Å². The number of rotatable bonds is 5. The number of fused-ring (bicyclic) bond motifs is 1. The maximum absolute atomic E-state index is 13.0. The van der Waals surface area contributed by atoms with Gasteiger partial charge in [-0.15, -0.1) is 10.2 Å². The summed E-state index contributed by atoms with van der Waals surface area (Å²) >= 11 is 0. The fraction of sp³-hybridized carbons (Fsp3) is 0. The lowest BCUT2D eigenvalue weighted by Crippen LogP contribution is -2.13. The molecule has 5 rings (SSSR count). The second kappa shape index (κ2) is 8.64. The van der Waals surface area contributed by atoms with Gasteiger partial charge in [0.15, 0.2) is 17.4 Å². The van der Waals surface area contributed by atoms with E-state index in [2.05, 4.69) is 40.4 Å². The Bertz CT molecular complexity index is 1570. The van der Waals surface area contributed by atoms with Crippen molar-refractivity contribution in [3.63, 3.8) is 0 Å². The maximum atomic E-state index is 13.0. The average molecular weight is 449 g/mol. The van der Waals surface area contributed by atoms with Gasteiger partial charge in [-0.2, -0.15) is 5.10 Å². The lowest BCUT2D eigenvalue weighted by atomic mass is 10.0. The molecule has 0 aliphatic rings. The van der Waals surface area contributed by atoms with Crippen LogP contribution in [0.5, 0.6) is 5.75 Å². The van der Waals surface area contributed by atoms with E-state index >= 15 is 0 Å². The lowest BCUT2D eigenvalue weighted by molar-refractivity contribution is 0.102. The Morgan fingerprint density at radius 1 is 1.12 bits per heavy atom. The number of carbonyl (C=O) groups is 1. The van der Waals surface area contributed by atoms with E-state index in [9.17, 15) is 9.90 Å². The average Bonchev–Trinajstić information content (AvgIpc) is 3.52. The summed E-state index contributed by atoms with van der Waals surface area (Å²) in [4.78, 5) is 27.4. The zero-order chi connectivity index (χ0) is 23.5. The summed E-state index contributed by atoms with van der Waals surface area (Å²) in [6.07, 6.45) is 6.02. The van der Waals surface area contributed by atoms with Gasteiger partial charge in [-0.3, -0.25) is 10.1 Å². The van der Waals surface area contributed by atoms with Gasteiger partial charge in [-0.05, 0) is 29.0 Å². The van der Waals surface area contributed by atoms with Gasteiger partial charge in [0.2, 0.25) is 5.95 Å². The predicted molar refractivity (Wildman–Crippen MR) is 124 cm³/mol. The number of aromatic amines is 1. The van der Waals surface area contributed by atoms with Crippen molar-refractivity contribution >= 4 is 39.8 Å². The van der Waals surface area contributed by atoms with Crippen molar-refractivity contribution in [1.29, 1.82) is 0 Å². The predicted octanol–water partition coefficient (Wildman–Crippen LogP) is 5.07. The van der Waals surface area contributed by atoms with Crippen LogP contribution in [0.4, 0.5) is 23.1 Å². The van der Waals surface area contributed by atoms with E-state index in [-0.39, 0.29) is 34.5 Å². The number of imidazole rings is 1. The number of anilines is 1. The van der Waals surface area contributed by atoms with E-state index in [1.165, 1.54) is 17.1 Å². The van der Waals surface area contributed by atoms with Crippen molar-refractivity contribution in [3.8, 4) is 11.6 Å². The fourth-order valence-corrected chi connectivity index (χ4v) is 3.39. The van der Waals surface area contributed by atoms with E-state index < -0.39 is 5.91 Å². The van der Waals surface area contributed by atoms with Gasteiger partial charge in [0.05, 0.1) is 18.3 Å². The summed E-state index contributed by atoms with van der Waals surface area (Å²) in [5.41, 5.74) is 0.227. The Labute approximate surface area is 192 Å². The Hall–Kier alpha value is -5.37. The number of H-pyrrole nitrogens is 1. The molecule has 34 heavy (non-hydrogen) atoms. The summed E-state index contributed by atoms with van der Waals surface area (Å²) < 4.78 is 1.37. The molecule has 3 aromatic heterocycles. The second-order valence-electron chi connectivity index (χ2n) is 7.00. The smallest absolute Gasteiger partial charge is 0.262 e. The van der Waals surface area contributed by atoms with Crippen LogP contribution in [0.2, 0.25) is 0 Å². The molecule has 11 nitrogen and oxygen atoms in total. The zero-order valence-electron chi connectivity index (χ0n) is 17.4. The molecule has 0 aliphatic carbocycles. The van der Waals surface area contributed by atoms with Crippen LogP contribution in [0, 0.1) is 6.57 Å². The fourth-order valence-electron chi connectivity index (χ4n) is 3.39. The van der Waals surface area contributed by atoms with E-state index in [0.29, 0.717) is 16.6 Å². The highest BCUT2D eigenvalue weighted by molar-refractivity contribution is 6.15. The Morgan fingerprint density at radius 2 is 1.97 bits per heavy atom. The van der Waals surface area contributed by atoms with Crippen LogP contribution in [0.3, 0.4) is 0 Å². The van der Waals surface area contributed by atoms with Crippen LogP contribution in [-0.2, 0) is 0 Å². The largest absolute Gasteiger partial charge is 0.505 e. The summed E-state index contributed by atoms with van der Waals surface area (Å²) in [7, 11) is 0. The standard InChI is InChI=1S/C23H15N9O2/c1-24-17-13-28-32(18-8-4-5-9-25-18)21(17)31-30-16-12-14-6-2-3-7-15(14)19(20(16)33)22(34)29-23-26-10-11-27-23/h2-13,33H,(H2,26,27,29,34). The zero-order valence-corrected chi connectivity index (χ0v) is 17.4. The summed E-state index contributed by atoms with van der Waals surface area (Å²) in [5.74, 6) is -0.0993. The number of aromatic nitrogens is 5. The van der Waals surface area contributed by atoms with Crippen molar-refractivity contribution in [2.75, 3.05) is 5.32 Å². The maximum Gasteiger partial charge on any atom is 0.262 e. The minimum atomic E-state index is -0.568. The van der Waals surface area contributed by atoms with Crippen LogP contribution in [0.15, 0.2) is 83.5 Å². The molecule has 1 amide bonds. The van der Waals surface area contributed by atoms with Gasteiger partial charge in [0.1, 0.15) is 5.69 Å². The number of pyridine rings is 1. The second-order valence-corrected chi connectivity index (χ2v) is 7.00. The van der Waals surface area contributed by atoms with Gasteiger partial charge in [-0.1, -0.05) is 30.3 Å². The first-order chi connectivity index (χ1) is 16.7. The van der Waals surface area contributed by atoms with E-state index in [1.54, 1.807) is 54.9 Å². The number of nitrogens with zero attached hydrogens (tertiary/aromatic N) is 7. The van der Waals surface area contributed by atoms with E-state index in [0.717, 1.165) is 0 Å². The topological polar surface area (TPSA) is 138 Å². The molecule has 11 heteroatoms. The number of azo groups is 1.